The first-order valence-corrected chi connectivity index (χ1v) is 5.21. The van der Waals surface area contributed by atoms with Crippen LogP contribution in [0.1, 0.15) is 18.9 Å². The minimum atomic E-state index is -0.283. The highest BCUT2D eigenvalue weighted by Gasteiger charge is 2.41. The maximum atomic E-state index is 11.4. The van der Waals surface area contributed by atoms with E-state index in [4.69, 9.17) is 4.74 Å². The van der Waals surface area contributed by atoms with Crippen molar-refractivity contribution in [2.45, 2.75) is 18.9 Å². The highest BCUT2D eigenvalue weighted by Crippen LogP contribution is 2.29. The lowest BCUT2D eigenvalue weighted by Crippen LogP contribution is -2.59. The fourth-order valence-corrected chi connectivity index (χ4v) is 1.73. The molecule has 0 atom stereocenters. The Balaban J connectivity index is 2.19. The van der Waals surface area contributed by atoms with E-state index in [9.17, 15) is 4.79 Å². The van der Waals surface area contributed by atoms with Gasteiger partial charge in [0.2, 0.25) is 5.91 Å². The minimum Gasteiger partial charge on any atom is -0.376 e. The Labute approximate surface area is 89.4 Å². The van der Waals surface area contributed by atoms with E-state index in [2.05, 4.69) is 5.32 Å². The summed E-state index contributed by atoms with van der Waals surface area (Å²) in [6.45, 7) is 3.00. The highest BCUT2D eigenvalue weighted by molar-refractivity contribution is 5.76. The quantitative estimate of drug-likeness (QED) is 0.810. The minimum absolute atomic E-state index is 0.0714. The molecule has 1 heterocycles. The van der Waals surface area contributed by atoms with Gasteiger partial charge >= 0.3 is 0 Å². The molecule has 0 saturated carbocycles. The Morgan fingerprint density at radius 1 is 1.40 bits per heavy atom. The molecule has 1 aliphatic rings. The van der Waals surface area contributed by atoms with Crippen LogP contribution in [0, 0.1) is 0 Å². The molecule has 0 aliphatic carbocycles. The number of ether oxygens (including phenoxy) is 1. The van der Waals surface area contributed by atoms with Gasteiger partial charge in [-0.3, -0.25) is 4.79 Å². The summed E-state index contributed by atoms with van der Waals surface area (Å²) in [6.07, 6.45) is 0.509. The van der Waals surface area contributed by atoms with E-state index >= 15 is 0 Å². The second kappa shape index (κ2) is 4.03. The van der Waals surface area contributed by atoms with Crippen molar-refractivity contribution in [2.75, 3.05) is 13.2 Å². The van der Waals surface area contributed by atoms with E-state index in [-0.39, 0.29) is 11.4 Å². The molecule has 1 fully saturated rings. The van der Waals surface area contributed by atoms with Crippen molar-refractivity contribution < 1.29 is 9.53 Å². The maximum absolute atomic E-state index is 11.4. The summed E-state index contributed by atoms with van der Waals surface area (Å²) in [5.41, 5.74) is 0.840. The number of carbonyl (C=O) groups is 1. The van der Waals surface area contributed by atoms with Gasteiger partial charge in [-0.2, -0.15) is 0 Å². The number of amides is 1. The number of rotatable bonds is 3. The third kappa shape index (κ3) is 1.88. The molecular weight excluding hydrogens is 190 g/mol. The van der Waals surface area contributed by atoms with Gasteiger partial charge in [0.05, 0.1) is 13.2 Å². The Hall–Kier alpha value is -1.35. The average molecular weight is 205 g/mol. The van der Waals surface area contributed by atoms with Crippen LogP contribution in [0.4, 0.5) is 0 Å². The Kier molecular flexibility index (Phi) is 2.73. The van der Waals surface area contributed by atoms with E-state index in [1.807, 2.05) is 37.3 Å². The molecule has 0 unspecified atom stereocenters. The normalized spacial score (nSPS) is 17.9. The van der Waals surface area contributed by atoms with Crippen molar-refractivity contribution >= 4 is 5.91 Å². The second-order valence-corrected chi connectivity index (χ2v) is 3.84. The fourth-order valence-electron chi connectivity index (χ4n) is 1.73. The van der Waals surface area contributed by atoms with E-state index in [0.717, 1.165) is 5.56 Å². The first-order valence-electron chi connectivity index (χ1n) is 5.21. The summed E-state index contributed by atoms with van der Waals surface area (Å²) in [4.78, 5) is 11.4. The Morgan fingerprint density at radius 2 is 2.07 bits per heavy atom. The molecule has 15 heavy (non-hydrogen) atoms. The first kappa shape index (κ1) is 10.2. The first-order chi connectivity index (χ1) is 7.27. The van der Waals surface area contributed by atoms with Gasteiger partial charge in [-0.05, 0) is 5.56 Å². The zero-order chi connectivity index (χ0) is 10.7. The van der Waals surface area contributed by atoms with E-state index < -0.39 is 0 Å². The number of hydrogen-bond acceptors (Lipinski definition) is 2. The molecule has 0 aromatic heterocycles. The zero-order valence-electron chi connectivity index (χ0n) is 8.82. The molecule has 1 amide bonds. The maximum Gasteiger partial charge on any atom is 0.220 e. The lowest BCUT2D eigenvalue weighted by Gasteiger charge is -2.42. The van der Waals surface area contributed by atoms with E-state index in [1.54, 1.807) is 0 Å². The summed E-state index contributed by atoms with van der Waals surface area (Å²) >= 11 is 0. The smallest absolute Gasteiger partial charge is 0.220 e. The topological polar surface area (TPSA) is 38.3 Å². The van der Waals surface area contributed by atoms with Gasteiger partial charge in [0.25, 0.3) is 0 Å². The summed E-state index contributed by atoms with van der Waals surface area (Å²) in [7, 11) is 0. The summed E-state index contributed by atoms with van der Waals surface area (Å²) in [5, 5.41) is 3.03. The predicted molar refractivity (Wildman–Crippen MR) is 57.4 cm³/mol. The summed E-state index contributed by atoms with van der Waals surface area (Å²) in [5.74, 6) is 0.0714. The Morgan fingerprint density at radius 3 is 2.53 bits per heavy atom. The lowest BCUT2D eigenvalue weighted by atomic mass is 9.88. The molecule has 1 aromatic carbocycles. The molecule has 0 radical (unpaired) electrons. The molecule has 0 bridgehead atoms. The van der Waals surface area contributed by atoms with Crippen LogP contribution in [0.2, 0.25) is 0 Å². The van der Waals surface area contributed by atoms with Gasteiger partial charge in [-0.15, -0.1) is 0 Å². The largest absolute Gasteiger partial charge is 0.376 e. The molecule has 3 heteroatoms. The van der Waals surface area contributed by atoms with Crippen LogP contribution < -0.4 is 5.32 Å². The van der Waals surface area contributed by atoms with Gasteiger partial charge in [0.1, 0.15) is 5.54 Å². The highest BCUT2D eigenvalue weighted by atomic mass is 16.5. The van der Waals surface area contributed by atoms with Crippen molar-refractivity contribution in [3.05, 3.63) is 35.9 Å². The van der Waals surface area contributed by atoms with Crippen LogP contribution in [0.15, 0.2) is 30.3 Å². The molecular formula is C12H15NO2. The summed E-state index contributed by atoms with van der Waals surface area (Å²) in [6, 6.07) is 9.98. The zero-order valence-corrected chi connectivity index (χ0v) is 8.82. The van der Waals surface area contributed by atoms with Gasteiger partial charge < -0.3 is 10.1 Å². The van der Waals surface area contributed by atoms with Crippen molar-refractivity contribution in [3.63, 3.8) is 0 Å². The Bertz CT molecular complexity index is 344. The standard InChI is InChI=1S/C12H15NO2/c1-2-11(14)13-12(8-15-9-12)10-6-4-3-5-7-10/h3-7H,2,8-9H2,1H3,(H,13,14). The molecule has 1 aromatic rings. The number of carbonyl (C=O) groups excluding carboxylic acids is 1. The fraction of sp³-hybridized carbons (Fsp3) is 0.417. The van der Waals surface area contributed by atoms with Crippen molar-refractivity contribution in [1.29, 1.82) is 0 Å². The van der Waals surface area contributed by atoms with Gasteiger partial charge in [0.15, 0.2) is 0 Å². The number of benzene rings is 1. The molecule has 0 spiro atoms. The molecule has 1 N–H and O–H groups in total. The third-order valence-electron chi connectivity index (χ3n) is 2.72. The molecule has 2 rings (SSSR count). The molecule has 80 valence electrons. The van der Waals surface area contributed by atoms with E-state index in [1.165, 1.54) is 0 Å². The predicted octanol–water partition coefficient (Wildman–Crippen LogP) is 1.44. The SMILES string of the molecule is CCC(=O)NC1(c2ccccc2)COC1. The second-order valence-electron chi connectivity index (χ2n) is 3.84. The average Bonchev–Trinajstić information content (AvgIpc) is 2.24. The number of nitrogens with one attached hydrogen (secondary N) is 1. The summed E-state index contributed by atoms with van der Waals surface area (Å²) < 4.78 is 5.22. The number of hydrogen-bond donors (Lipinski definition) is 1. The molecule has 1 saturated heterocycles. The lowest BCUT2D eigenvalue weighted by molar-refractivity contribution is -0.133. The van der Waals surface area contributed by atoms with Crippen LogP contribution in [0.5, 0.6) is 0 Å². The van der Waals surface area contributed by atoms with Crippen LogP contribution in [0.25, 0.3) is 0 Å². The van der Waals surface area contributed by atoms with Crippen LogP contribution >= 0.6 is 0 Å². The van der Waals surface area contributed by atoms with Crippen LogP contribution in [0.3, 0.4) is 0 Å². The van der Waals surface area contributed by atoms with Gasteiger partial charge in [-0.25, -0.2) is 0 Å². The van der Waals surface area contributed by atoms with Crippen molar-refractivity contribution in [2.24, 2.45) is 0 Å². The molecule has 3 nitrogen and oxygen atoms in total. The van der Waals surface area contributed by atoms with E-state index in [0.29, 0.717) is 19.6 Å². The third-order valence-corrected chi connectivity index (χ3v) is 2.72. The molecule has 1 aliphatic heterocycles. The van der Waals surface area contributed by atoms with Crippen molar-refractivity contribution in [3.8, 4) is 0 Å². The monoisotopic (exact) mass is 205 g/mol. The van der Waals surface area contributed by atoms with Gasteiger partial charge in [0, 0.05) is 6.42 Å². The van der Waals surface area contributed by atoms with Gasteiger partial charge in [-0.1, -0.05) is 37.3 Å². The van der Waals surface area contributed by atoms with Crippen LogP contribution in [-0.2, 0) is 15.1 Å². The van der Waals surface area contributed by atoms with Crippen LogP contribution in [-0.4, -0.2) is 19.1 Å². The van der Waals surface area contributed by atoms with Crippen molar-refractivity contribution in [1.82, 2.24) is 5.32 Å².